The van der Waals surface area contributed by atoms with E-state index in [4.69, 9.17) is 9.47 Å². The molecule has 1 aromatic rings. The molecule has 3 rings (SSSR count). The average Bonchev–Trinajstić information content (AvgIpc) is 2.89. The number of rotatable bonds is 3. The van der Waals surface area contributed by atoms with Crippen LogP contribution in [0.3, 0.4) is 0 Å². The fraction of sp³-hybridized carbons (Fsp3) is 0.533. The maximum Gasteiger partial charge on any atom is 0.227 e. The van der Waals surface area contributed by atoms with Crippen molar-refractivity contribution in [3.63, 3.8) is 0 Å². The van der Waals surface area contributed by atoms with E-state index in [0.29, 0.717) is 17.2 Å². The second-order valence-electron chi connectivity index (χ2n) is 5.87. The molecule has 6 nitrogen and oxygen atoms in total. The number of hydrogen-bond acceptors (Lipinski definition) is 5. The first kappa shape index (κ1) is 15.1. The van der Waals surface area contributed by atoms with Crippen LogP contribution in [0.5, 0.6) is 11.5 Å². The van der Waals surface area contributed by atoms with Crippen LogP contribution in [0.1, 0.15) is 12.0 Å². The number of ether oxygens (including phenoxy) is 2. The van der Waals surface area contributed by atoms with E-state index in [2.05, 4.69) is 0 Å². The molecule has 120 valence electrons. The van der Waals surface area contributed by atoms with Crippen molar-refractivity contribution in [3.05, 3.63) is 17.7 Å². The molecule has 2 aliphatic heterocycles. The molecule has 2 heterocycles. The number of benzene rings is 1. The molecule has 0 N–H and O–H groups in total. The van der Waals surface area contributed by atoms with Crippen LogP contribution in [0.25, 0.3) is 0 Å². The van der Waals surface area contributed by atoms with E-state index in [-0.39, 0.29) is 35.8 Å². The normalized spacial score (nSPS) is 26.1. The summed E-state index contributed by atoms with van der Waals surface area (Å²) in [6.07, 6.45) is 0.289. The van der Waals surface area contributed by atoms with Crippen molar-refractivity contribution in [1.29, 1.82) is 0 Å². The highest BCUT2D eigenvalue weighted by molar-refractivity contribution is 7.91. The smallest absolute Gasteiger partial charge is 0.227 e. The van der Waals surface area contributed by atoms with Gasteiger partial charge in [0.2, 0.25) is 5.91 Å². The summed E-state index contributed by atoms with van der Waals surface area (Å²) in [5.41, 5.74) is 1.56. The zero-order valence-corrected chi connectivity index (χ0v) is 13.6. The summed E-state index contributed by atoms with van der Waals surface area (Å²) in [6, 6.07) is 3.28. The summed E-state index contributed by atoms with van der Waals surface area (Å²) in [4.78, 5) is 14.0. The Labute approximate surface area is 129 Å². The van der Waals surface area contributed by atoms with E-state index >= 15 is 0 Å². The molecular weight excluding hydrogens is 306 g/mol. The van der Waals surface area contributed by atoms with Crippen molar-refractivity contribution < 1.29 is 22.7 Å². The van der Waals surface area contributed by atoms with Gasteiger partial charge in [0.1, 0.15) is 0 Å². The second-order valence-corrected chi connectivity index (χ2v) is 8.02. The van der Waals surface area contributed by atoms with Gasteiger partial charge in [-0.25, -0.2) is 8.42 Å². The number of carbonyl (C=O) groups is 1. The molecule has 7 heteroatoms. The molecule has 2 aliphatic rings. The van der Waals surface area contributed by atoms with Crippen LogP contribution in [0.2, 0.25) is 0 Å². The molecule has 0 saturated carbocycles. The van der Waals surface area contributed by atoms with Gasteiger partial charge in [-0.05, 0) is 18.6 Å². The van der Waals surface area contributed by atoms with Crippen LogP contribution >= 0.6 is 0 Å². The number of hydrogen-bond donors (Lipinski definition) is 0. The highest BCUT2D eigenvalue weighted by atomic mass is 32.2. The third kappa shape index (κ3) is 2.33. The van der Waals surface area contributed by atoms with Crippen LogP contribution in [0, 0.1) is 12.8 Å². The third-order valence-electron chi connectivity index (χ3n) is 4.44. The zero-order chi connectivity index (χ0) is 16.1. The number of anilines is 1. The van der Waals surface area contributed by atoms with Crippen LogP contribution in [-0.2, 0) is 14.6 Å². The highest BCUT2D eigenvalue weighted by Crippen LogP contribution is 2.41. The largest absolute Gasteiger partial charge is 0.493 e. The second kappa shape index (κ2) is 5.15. The summed E-state index contributed by atoms with van der Waals surface area (Å²) in [5, 5.41) is 0. The maximum atomic E-state index is 12.4. The molecule has 2 fully saturated rings. The van der Waals surface area contributed by atoms with Crippen molar-refractivity contribution in [2.75, 3.05) is 30.6 Å². The van der Waals surface area contributed by atoms with E-state index in [1.807, 2.05) is 6.92 Å². The lowest BCUT2D eigenvalue weighted by molar-refractivity contribution is -0.117. The molecule has 2 saturated heterocycles. The van der Waals surface area contributed by atoms with Gasteiger partial charge in [0.25, 0.3) is 0 Å². The van der Waals surface area contributed by atoms with Crippen molar-refractivity contribution in [1.82, 2.24) is 0 Å². The molecule has 1 amide bonds. The molecule has 2 atom stereocenters. The number of sulfone groups is 1. The molecule has 0 aromatic heterocycles. The Hall–Kier alpha value is -1.76. The summed E-state index contributed by atoms with van der Waals surface area (Å²) >= 11 is 0. The first-order chi connectivity index (χ1) is 10.4. The standard InChI is InChI=1S/C15H19NO5S/c1-9-4-13(20-2)14(21-3)6-11(9)16-12-8-22(18,19)7-10(12)5-15(16)17/h4,6,10,12H,5,7-8H2,1-3H3/t10-,12+/m1/s1. The number of fused-ring (bicyclic) bond motifs is 1. The van der Waals surface area contributed by atoms with Gasteiger partial charge in [0.05, 0.1) is 37.5 Å². The van der Waals surface area contributed by atoms with E-state index in [1.165, 1.54) is 7.11 Å². The topological polar surface area (TPSA) is 72.9 Å². The van der Waals surface area contributed by atoms with Crippen LogP contribution in [0.15, 0.2) is 12.1 Å². The Bertz CT molecular complexity index is 728. The SMILES string of the molecule is COc1cc(C)c(N2C(=O)C[C@@H]3CS(=O)(=O)C[C@@H]32)cc1OC. The highest BCUT2D eigenvalue weighted by Gasteiger charge is 2.49. The van der Waals surface area contributed by atoms with E-state index < -0.39 is 9.84 Å². The number of aryl methyl sites for hydroxylation is 1. The summed E-state index contributed by atoms with van der Waals surface area (Å²) in [7, 11) is 0.0254. The Balaban J connectivity index is 2.05. The van der Waals surface area contributed by atoms with Crippen LogP contribution in [-0.4, -0.2) is 46.1 Å². The number of methoxy groups -OCH3 is 2. The lowest BCUT2D eigenvalue weighted by atomic mass is 10.0. The third-order valence-corrected chi connectivity index (χ3v) is 6.22. The Morgan fingerprint density at radius 1 is 1.14 bits per heavy atom. The monoisotopic (exact) mass is 325 g/mol. The summed E-state index contributed by atoms with van der Waals surface area (Å²) < 4.78 is 34.3. The molecule has 22 heavy (non-hydrogen) atoms. The van der Waals surface area contributed by atoms with Crippen LogP contribution in [0.4, 0.5) is 5.69 Å². The van der Waals surface area contributed by atoms with E-state index in [0.717, 1.165) is 5.56 Å². The molecule has 0 spiro atoms. The minimum absolute atomic E-state index is 0.0276. The fourth-order valence-electron chi connectivity index (χ4n) is 3.43. The van der Waals surface area contributed by atoms with E-state index in [9.17, 15) is 13.2 Å². The Kier molecular flexibility index (Phi) is 3.55. The van der Waals surface area contributed by atoms with Crippen LogP contribution < -0.4 is 14.4 Å². The minimum Gasteiger partial charge on any atom is -0.493 e. The van der Waals surface area contributed by atoms with Gasteiger partial charge in [-0.1, -0.05) is 0 Å². The minimum atomic E-state index is -3.06. The molecular formula is C15H19NO5S. The zero-order valence-electron chi connectivity index (χ0n) is 12.8. The van der Waals surface area contributed by atoms with Gasteiger partial charge in [-0.3, -0.25) is 4.79 Å². The lowest BCUT2D eigenvalue weighted by Crippen LogP contribution is -2.36. The Morgan fingerprint density at radius 3 is 2.41 bits per heavy atom. The van der Waals surface area contributed by atoms with E-state index in [1.54, 1.807) is 24.1 Å². The van der Waals surface area contributed by atoms with Crippen molar-refractivity contribution in [2.45, 2.75) is 19.4 Å². The van der Waals surface area contributed by atoms with Crippen molar-refractivity contribution >= 4 is 21.4 Å². The predicted octanol–water partition coefficient (Wildman–Crippen LogP) is 1.16. The van der Waals surface area contributed by atoms with Gasteiger partial charge < -0.3 is 14.4 Å². The molecule has 1 aromatic carbocycles. The molecule has 0 bridgehead atoms. The fourth-order valence-corrected chi connectivity index (χ4v) is 5.50. The summed E-state index contributed by atoms with van der Waals surface area (Å²) in [6.45, 7) is 1.88. The average molecular weight is 325 g/mol. The van der Waals surface area contributed by atoms with Gasteiger partial charge in [-0.2, -0.15) is 0 Å². The van der Waals surface area contributed by atoms with Gasteiger partial charge >= 0.3 is 0 Å². The first-order valence-electron chi connectivity index (χ1n) is 7.11. The predicted molar refractivity (Wildman–Crippen MR) is 82.3 cm³/mol. The number of nitrogens with zero attached hydrogens (tertiary/aromatic N) is 1. The molecule has 0 aliphatic carbocycles. The summed E-state index contributed by atoms with van der Waals surface area (Å²) in [5.74, 6) is 1.13. The maximum absolute atomic E-state index is 12.4. The molecule has 0 unspecified atom stereocenters. The number of carbonyl (C=O) groups excluding carboxylic acids is 1. The quantitative estimate of drug-likeness (QED) is 0.834. The van der Waals surface area contributed by atoms with Crippen molar-refractivity contribution in [3.8, 4) is 11.5 Å². The molecule has 0 radical (unpaired) electrons. The lowest BCUT2D eigenvalue weighted by Gasteiger charge is -2.26. The number of amides is 1. The van der Waals surface area contributed by atoms with Gasteiger partial charge in [0, 0.05) is 18.4 Å². The van der Waals surface area contributed by atoms with Gasteiger partial charge in [-0.15, -0.1) is 0 Å². The van der Waals surface area contributed by atoms with Gasteiger partial charge in [0.15, 0.2) is 21.3 Å². The van der Waals surface area contributed by atoms with Crippen molar-refractivity contribution in [2.24, 2.45) is 5.92 Å². The Morgan fingerprint density at radius 2 is 1.77 bits per heavy atom. The first-order valence-corrected chi connectivity index (χ1v) is 8.93.